The predicted octanol–water partition coefficient (Wildman–Crippen LogP) is 1.77. The fourth-order valence-electron chi connectivity index (χ4n) is 1.30. The lowest BCUT2D eigenvalue weighted by Gasteiger charge is -2.12. The van der Waals surface area contributed by atoms with Crippen molar-refractivity contribution in [3.05, 3.63) is 0 Å². The van der Waals surface area contributed by atoms with Crippen molar-refractivity contribution in [2.24, 2.45) is 20.0 Å². The molecule has 2 heterocycles. The van der Waals surface area contributed by atoms with Crippen molar-refractivity contribution < 1.29 is 0 Å². The fraction of sp³-hybridized carbons (Fsp3) is 0.556. The van der Waals surface area contributed by atoms with Crippen molar-refractivity contribution in [2.45, 2.75) is 26.3 Å². The maximum absolute atomic E-state index is 4.39. The summed E-state index contributed by atoms with van der Waals surface area (Å²) in [4.78, 5) is 17.0. The Morgan fingerprint density at radius 2 is 2.36 bits per heavy atom. The Hall–Kier alpha value is -0.970. The van der Waals surface area contributed by atoms with E-state index in [1.54, 1.807) is 18.1 Å². The first kappa shape index (κ1) is 9.58. The number of hydrogen-bond acceptors (Lipinski definition) is 5. The maximum Gasteiger partial charge on any atom is 0.163 e. The zero-order chi connectivity index (χ0) is 9.97. The van der Waals surface area contributed by atoms with E-state index in [1.807, 2.05) is 6.92 Å². The predicted molar refractivity (Wildman–Crippen MR) is 63.0 cm³/mol. The Kier molecular flexibility index (Phi) is 2.77. The van der Waals surface area contributed by atoms with Gasteiger partial charge < -0.3 is 0 Å². The van der Waals surface area contributed by atoms with E-state index in [-0.39, 0.29) is 6.04 Å². The molecule has 14 heavy (non-hydrogen) atoms. The second-order valence-electron chi connectivity index (χ2n) is 3.11. The molecule has 4 nitrogen and oxygen atoms in total. The number of amidine groups is 2. The highest BCUT2D eigenvalue weighted by molar-refractivity contribution is 8.14. The molecule has 0 saturated heterocycles. The van der Waals surface area contributed by atoms with Gasteiger partial charge in [-0.15, -0.1) is 11.8 Å². The van der Waals surface area contributed by atoms with Crippen LogP contribution in [-0.2, 0) is 0 Å². The zero-order valence-corrected chi connectivity index (χ0v) is 9.08. The first-order chi connectivity index (χ1) is 6.81. The first-order valence-corrected chi connectivity index (χ1v) is 5.66. The molecule has 0 aromatic rings. The Bertz CT molecular complexity index is 354. The van der Waals surface area contributed by atoms with Gasteiger partial charge in [0.25, 0.3) is 0 Å². The molecule has 0 aromatic carbocycles. The zero-order valence-electron chi connectivity index (χ0n) is 8.27. The van der Waals surface area contributed by atoms with Gasteiger partial charge in [0.15, 0.2) is 11.9 Å². The maximum atomic E-state index is 4.39. The second-order valence-corrected chi connectivity index (χ2v) is 4.22. The van der Waals surface area contributed by atoms with Crippen LogP contribution in [0.15, 0.2) is 20.0 Å². The molecule has 0 aromatic heterocycles. The van der Waals surface area contributed by atoms with Gasteiger partial charge >= 0.3 is 0 Å². The molecule has 0 fully saturated rings. The van der Waals surface area contributed by atoms with Crippen LogP contribution in [0.1, 0.15) is 20.3 Å². The van der Waals surface area contributed by atoms with Crippen molar-refractivity contribution in [3.63, 3.8) is 0 Å². The van der Waals surface area contributed by atoms with E-state index in [4.69, 9.17) is 0 Å². The summed E-state index contributed by atoms with van der Waals surface area (Å²) in [6, 6.07) is -0.0171. The molecule has 0 radical (unpaired) electrons. The van der Waals surface area contributed by atoms with Crippen LogP contribution in [0.4, 0.5) is 0 Å². The Balaban J connectivity index is 2.15. The van der Waals surface area contributed by atoms with Crippen molar-refractivity contribution in [1.82, 2.24) is 0 Å². The van der Waals surface area contributed by atoms with Crippen LogP contribution >= 0.6 is 11.8 Å². The molecule has 5 heteroatoms. The smallest absolute Gasteiger partial charge is 0.163 e. The van der Waals surface area contributed by atoms with Gasteiger partial charge in [0, 0.05) is 0 Å². The molecular formula is C9H12N4S. The van der Waals surface area contributed by atoms with Gasteiger partial charge in [0.2, 0.25) is 0 Å². The van der Waals surface area contributed by atoms with Gasteiger partial charge in [-0.25, -0.2) is 15.0 Å². The van der Waals surface area contributed by atoms with E-state index in [9.17, 15) is 0 Å². The summed E-state index contributed by atoms with van der Waals surface area (Å²) in [5.74, 6) is 2.66. The molecule has 0 N–H and O–H groups in total. The summed E-state index contributed by atoms with van der Waals surface area (Å²) in [7, 11) is 0. The van der Waals surface area contributed by atoms with E-state index in [0.717, 1.165) is 28.9 Å². The quantitative estimate of drug-likeness (QED) is 0.682. The van der Waals surface area contributed by atoms with Gasteiger partial charge in [0.05, 0.1) is 0 Å². The first-order valence-electron chi connectivity index (χ1n) is 4.67. The third kappa shape index (κ3) is 1.77. The molecule has 2 aliphatic heterocycles. The molecule has 1 unspecified atom stereocenters. The van der Waals surface area contributed by atoms with Crippen molar-refractivity contribution in [3.8, 4) is 0 Å². The van der Waals surface area contributed by atoms with Crippen LogP contribution in [0.5, 0.6) is 0 Å². The lowest BCUT2D eigenvalue weighted by molar-refractivity contribution is 1.11. The number of aliphatic imine (C=N–C) groups is 4. The summed E-state index contributed by atoms with van der Waals surface area (Å²) < 4.78 is 0. The Morgan fingerprint density at radius 1 is 1.50 bits per heavy atom. The van der Waals surface area contributed by atoms with Crippen molar-refractivity contribution >= 4 is 34.8 Å². The fourth-order valence-corrected chi connectivity index (χ4v) is 2.15. The number of thioether (sulfide) groups is 1. The van der Waals surface area contributed by atoms with Crippen LogP contribution in [0.3, 0.4) is 0 Å². The minimum absolute atomic E-state index is 0.0171. The van der Waals surface area contributed by atoms with Crippen LogP contribution in [-0.4, -0.2) is 34.8 Å². The summed E-state index contributed by atoms with van der Waals surface area (Å²) in [5.41, 5.74) is 0. The molecule has 0 spiro atoms. The highest BCUT2D eigenvalue weighted by Gasteiger charge is 2.27. The molecule has 0 aliphatic carbocycles. The van der Waals surface area contributed by atoms with Crippen LogP contribution < -0.4 is 0 Å². The molecule has 74 valence electrons. The lowest BCUT2D eigenvalue weighted by Crippen LogP contribution is -2.25. The molecule has 2 rings (SSSR count). The second kappa shape index (κ2) is 4.04. The van der Waals surface area contributed by atoms with Crippen LogP contribution in [0, 0.1) is 0 Å². The Morgan fingerprint density at radius 3 is 3.14 bits per heavy atom. The summed E-state index contributed by atoms with van der Waals surface area (Å²) in [6.45, 7) is 4.05. The van der Waals surface area contributed by atoms with E-state index < -0.39 is 0 Å². The van der Waals surface area contributed by atoms with Crippen LogP contribution in [0.25, 0.3) is 0 Å². The van der Waals surface area contributed by atoms with Gasteiger partial charge in [0.1, 0.15) is 17.2 Å². The molecule has 2 aliphatic rings. The largest absolute Gasteiger partial charge is 0.252 e. The Labute approximate surface area is 87.4 Å². The minimum atomic E-state index is -0.0171. The van der Waals surface area contributed by atoms with E-state index in [2.05, 4.69) is 26.9 Å². The average Bonchev–Trinajstić information content (AvgIpc) is 2.55. The number of nitrogens with zero attached hydrogens (tertiary/aromatic N) is 4. The minimum Gasteiger partial charge on any atom is -0.252 e. The van der Waals surface area contributed by atoms with Crippen molar-refractivity contribution in [2.75, 3.05) is 5.75 Å². The number of rotatable bonds is 2. The average molecular weight is 208 g/mol. The monoisotopic (exact) mass is 208 g/mol. The van der Waals surface area contributed by atoms with E-state index >= 15 is 0 Å². The topological polar surface area (TPSA) is 49.4 Å². The molecule has 0 amide bonds. The third-order valence-electron chi connectivity index (χ3n) is 1.90. The third-order valence-corrected chi connectivity index (χ3v) is 3.14. The normalized spacial score (nSPS) is 24.1. The summed E-state index contributed by atoms with van der Waals surface area (Å²) >= 11 is 1.75. The van der Waals surface area contributed by atoms with Gasteiger partial charge in [-0.05, 0) is 19.1 Å². The van der Waals surface area contributed by atoms with E-state index in [0.29, 0.717) is 0 Å². The van der Waals surface area contributed by atoms with E-state index in [1.165, 1.54) is 0 Å². The molecule has 1 atom stereocenters. The molecular weight excluding hydrogens is 196 g/mol. The highest BCUT2D eigenvalue weighted by Crippen LogP contribution is 2.19. The highest BCUT2D eigenvalue weighted by atomic mass is 32.2. The molecule has 0 bridgehead atoms. The lowest BCUT2D eigenvalue weighted by atomic mass is 10.3. The van der Waals surface area contributed by atoms with Gasteiger partial charge in [-0.1, -0.05) is 6.92 Å². The molecule has 0 saturated carbocycles. The standard InChI is InChI=1S/C9H12N4S/c1-3-4-14-9-7-8(10-5-11-9)13-6(2)12-7/h5,7H,3-4H2,1-2H3. The summed E-state index contributed by atoms with van der Waals surface area (Å²) in [6.07, 6.45) is 2.71. The van der Waals surface area contributed by atoms with Gasteiger partial charge in [-0.3, -0.25) is 4.99 Å². The van der Waals surface area contributed by atoms with Crippen molar-refractivity contribution in [1.29, 1.82) is 0 Å². The van der Waals surface area contributed by atoms with Gasteiger partial charge in [-0.2, -0.15) is 0 Å². The summed E-state index contributed by atoms with van der Waals surface area (Å²) in [5, 5.41) is 1.03. The SMILES string of the molecule is CCCSC1=NC=NC2=NC(C)=NC21. The van der Waals surface area contributed by atoms with Crippen LogP contribution in [0.2, 0.25) is 0 Å². The number of fused-ring (bicyclic) bond motifs is 1. The number of hydrogen-bond donors (Lipinski definition) is 0.